The summed E-state index contributed by atoms with van der Waals surface area (Å²) in [7, 11) is 0. The smallest absolute Gasteiger partial charge is 0.354 e. The van der Waals surface area contributed by atoms with Gasteiger partial charge in [-0.1, -0.05) is 18.2 Å². The molecule has 0 atom stereocenters. The molecule has 1 radical (unpaired) electrons. The number of hydrogen-bond acceptors (Lipinski definition) is 8. The van der Waals surface area contributed by atoms with Crippen LogP contribution in [0.5, 0.6) is 0 Å². The summed E-state index contributed by atoms with van der Waals surface area (Å²) in [6.45, 7) is 0. The topological polar surface area (TPSA) is 156 Å². The molecule has 1 N–H and O–H groups in total. The summed E-state index contributed by atoms with van der Waals surface area (Å²) in [5.41, 5.74) is 0.0208. The first kappa shape index (κ1) is 35.7. The molecule has 0 spiro atoms. The molecule has 0 saturated heterocycles. The molecular weight excluding hydrogens is 512 g/mol. The number of rotatable bonds is 3. The largest absolute Gasteiger partial charge is 1.00 e. The number of carbonyl (C=O) groups is 3. The summed E-state index contributed by atoms with van der Waals surface area (Å²) in [5, 5.41) is 28.4. The minimum atomic E-state index is -1.24. The normalized spacial score (nSPS) is 7.74. The number of aromatic nitrogens is 3. The molecule has 0 unspecified atom stereocenters. The molecule has 0 amide bonds. The molecule has 13 heteroatoms. The molecule has 9 nitrogen and oxygen atoms in total. The molecule has 0 bridgehead atoms. The van der Waals surface area contributed by atoms with E-state index in [0.29, 0.717) is 0 Å². The minimum Gasteiger partial charge on any atom is -1.00 e. The van der Waals surface area contributed by atoms with Gasteiger partial charge in [0.05, 0.1) is 23.3 Å². The van der Waals surface area contributed by atoms with Gasteiger partial charge in [-0.3, -0.25) is 9.97 Å². The zero-order valence-corrected chi connectivity index (χ0v) is 19.0. The van der Waals surface area contributed by atoms with Gasteiger partial charge in [0, 0.05) is 37.1 Å². The van der Waals surface area contributed by atoms with Crippen molar-refractivity contribution in [3.05, 3.63) is 90.3 Å². The third-order valence-electron chi connectivity index (χ3n) is 2.63. The van der Waals surface area contributed by atoms with Gasteiger partial charge in [0.15, 0.2) is 0 Å². The van der Waals surface area contributed by atoms with Crippen molar-refractivity contribution >= 4 is 17.9 Å². The summed E-state index contributed by atoms with van der Waals surface area (Å²) in [6, 6.07) is 14.0. The zero-order chi connectivity index (χ0) is 20.1. The molecule has 0 aliphatic heterocycles. The van der Waals surface area contributed by atoms with Gasteiger partial charge in [0.2, 0.25) is 0 Å². The van der Waals surface area contributed by atoms with Gasteiger partial charge in [-0.05, 0) is 36.4 Å². The Morgan fingerprint density at radius 2 is 0.903 bits per heavy atom. The standard InChI is InChI=1S/3C6H5NO2.3ClH.V/c3*8-6(9)5-3-1-2-4-7-5;;;;/h3*1-4H,(H,8,9);3*1H;/p-5. The fourth-order valence-corrected chi connectivity index (χ4v) is 1.46. The quantitative estimate of drug-likeness (QED) is 0.351. The van der Waals surface area contributed by atoms with Crippen molar-refractivity contribution < 1.29 is 85.5 Å². The Hall–Kier alpha value is -2.69. The summed E-state index contributed by atoms with van der Waals surface area (Å²) in [6.07, 6.45) is 4.26. The second-order valence-corrected chi connectivity index (χ2v) is 4.53. The molecule has 167 valence electrons. The van der Waals surface area contributed by atoms with Crippen molar-refractivity contribution in [1.29, 1.82) is 0 Å². The van der Waals surface area contributed by atoms with E-state index in [4.69, 9.17) is 5.11 Å². The van der Waals surface area contributed by atoms with Gasteiger partial charge in [0.1, 0.15) is 5.69 Å². The van der Waals surface area contributed by atoms with Gasteiger partial charge in [-0.15, -0.1) is 0 Å². The van der Waals surface area contributed by atoms with Crippen LogP contribution in [-0.4, -0.2) is 38.0 Å². The maximum atomic E-state index is 10.1. The van der Waals surface area contributed by atoms with Crippen LogP contribution in [0.15, 0.2) is 73.2 Å². The van der Waals surface area contributed by atoms with E-state index in [2.05, 4.69) is 15.0 Å². The first-order valence-electron chi connectivity index (χ1n) is 7.31. The van der Waals surface area contributed by atoms with E-state index in [1.54, 1.807) is 36.4 Å². The molecular formula is C18H13Cl3N3O6V-5. The maximum absolute atomic E-state index is 10.1. The van der Waals surface area contributed by atoms with Crippen LogP contribution >= 0.6 is 0 Å². The fraction of sp³-hybridized carbons (Fsp3) is 0. The van der Waals surface area contributed by atoms with Gasteiger partial charge in [-0.25, -0.2) is 9.78 Å². The monoisotopic (exact) mass is 523 g/mol. The van der Waals surface area contributed by atoms with E-state index in [1.807, 2.05) is 0 Å². The molecule has 0 aliphatic carbocycles. The molecule has 3 aromatic heterocycles. The summed E-state index contributed by atoms with van der Waals surface area (Å²) in [4.78, 5) is 40.8. The molecule has 0 aliphatic rings. The first-order chi connectivity index (χ1) is 12.9. The van der Waals surface area contributed by atoms with Crippen molar-refractivity contribution in [3.8, 4) is 0 Å². The van der Waals surface area contributed by atoms with E-state index in [9.17, 15) is 24.6 Å². The number of halogens is 3. The molecule has 3 aromatic rings. The van der Waals surface area contributed by atoms with E-state index in [-0.39, 0.29) is 72.9 Å². The summed E-state index contributed by atoms with van der Waals surface area (Å²) < 4.78 is 0. The number of carboxylic acid groups (broad SMARTS) is 3. The van der Waals surface area contributed by atoms with Crippen LogP contribution in [0, 0.1) is 0 Å². The number of hydrogen-bond donors (Lipinski definition) is 1. The number of carbonyl (C=O) groups excluding carboxylic acids is 2. The van der Waals surface area contributed by atoms with Crippen molar-refractivity contribution in [2.45, 2.75) is 0 Å². The minimum absolute atomic E-state index is 0. The Bertz CT molecular complexity index is 761. The second kappa shape index (κ2) is 20.6. The zero-order valence-electron chi connectivity index (χ0n) is 15.3. The third kappa shape index (κ3) is 15.8. The molecule has 0 saturated carbocycles. The molecule has 31 heavy (non-hydrogen) atoms. The Labute approximate surface area is 208 Å². The second-order valence-electron chi connectivity index (χ2n) is 4.53. The van der Waals surface area contributed by atoms with Crippen molar-refractivity contribution in [3.63, 3.8) is 0 Å². The van der Waals surface area contributed by atoms with Crippen LogP contribution in [-0.2, 0) is 18.6 Å². The fourth-order valence-electron chi connectivity index (χ4n) is 1.46. The average molecular weight is 525 g/mol. The van der Waals surface area contributed by atoms with Gasteiger partial charge in [-0.2, -0.15) is 0 Å². The van der Waals surface area contributed by atoms with Crippen LogP contribution in [0.4, 0.5) is 0 Å². The van der Waals surface area contributed by atoms with Crippen LogP contribution in [0.1, 0.15) is 31.5 Å². The van der Waals surface area contributed by atoms with E-state index in [1.165, 1.54) is 36.8 Å². The van der Waals surface area contributed by atoms with Gasteiger partial charge in [0.25, 0.3) is 0 Å². The number of nitrogens with zero attached hydrogens (tertiary/aromatic N) is 3. The summed E-state index contributed by atoms with van der Waals surface area (Å²) in [5.74, 6) is -3.47. The average Bonchev–Trinajstić information content (AvgIpc) is 2.71. The van der Waals surface area contributed by atoms with Gasteiger partial charge < -0.3 is 62.1 Å². The van der Waals surface area contributed by atoms with E-state index >= 15 is 0 Å². The summed E-state index contributed by atoms with van der Waals surface area (Å²) >= 11 is 0. The predicted molar refractivity (Wildman–Crippen MR) is 88.3 cm³/mol. The number of carboxylic acids is 3. The molecule has 3 heterocycles. The Morgan fingerprint density at radius 1 is 0.613 bits per heavy atom. The van der Waals surface area contributed by atoms with Gasteiger partial charge >= 0.3 is 5.97 Å². The SMILES string of the molecule is O=C(O)c1ccccn1.O=C([O-])c1ccccn1.O=C([O-])c1ccccn1.[Cl-].[Cl-].[Cl-].[V]. The van der Waals surface area contributed by atoms with Crippen LogP contribution in [0.2, 0.25) is 0 Å². The number of pyridine rings is 3. The Morgan fingerprint density at radius 3 is 1.03 bits per heavy atom. The van der Waals surface area contributed by atoms with Crippen molar-refractivity contribution in [2.24, 2.45) is 0 Å². The van der Waals surface area contributed by atoms with Crippen LogP contribution < -0.4 is 47.4 Å². The van der Waals surface area contributed by atoms with E-state index < -0.39 is 17.9 Å². The number of aromatic carboxylic acids is 3. The predicted octanol–water partition coefficient (Wildman–Crippen LogP) is -9.32. The molecule has 0 fully saturated rings. The van der Waals surface area contributed by atoms with Crippen LogP contribution in [0.25, 0.3) is 0 Å². The third-order valence-corrected chi connectivity index (χ3v) is 2.63. The van der Waals surface area contributed by atoms with E-state index in [0.717, 1.165) is 0 Å². The van der Waals surface area contributed by atoms with Crippen molar-refractivity contribution in [1.82, 2.24) is 15.0 Å². The Kier molecular flexibility index (Phi) is 23.7. The first-order valence-corrected chi connectivity index (χ1v) is 7.31. The molecule has 3 rings (SSSR count). The molecule has 0 aromatic carbocycles. The van der Waals surface area contributed by atoms with Crippen LogP contribution in [0.3, 0.4) is 0 Å². The maximum Gasteiger partial charge on any atom is 0.354 e. The van der Waals surface area contributed by atoms with Crippen molar-refractivity contribution in [2.75, 3.05) is 0 Å². The Balaban J connectivity index is -0.000000166.